The van der Waals surface area contributed by atoms with Crippen molar-refractivity contribution in [2.45, 2.75) is 45.8 Å². The molecule has 0 saturated carbocycles. The van der Waals surface area contributed by atoms with Crippen molar-refractivity contribution in [1.82, 2.24) is 24.4 Å². The fourth-order valence-electron chi connectivity index (χ4n) is 3.12. The quantitative estimate of drug-likeness (QED) is 0.385. The predicted octanol–water partition coefficient (Wildman–Crippen LogP) is 4.29. The number of imidazole rings is 1. The van der Waals surface area contributed by atoms with Crippen LogP contribution in [0, 0.1) is 6.92 Å². The van der Waals surface area contributed by atoms with Crippen LogP contribution in [0.25, 0.3) is 10.9 Å². The van der Waals surface area contributed by atoms with Crippen molar-refractivity contribution >= 4 is 30.9 Å². The molecule has 0 aliphatic heterocycles. The highest BCUT2D eigenvalue weighted by Gasteiger charge is 2.15. The lowest BCUT2D eigenvalue weighted by atomic mass is 10.2. The number of aromatic nitrogens is 4. The lowest BCUT2D eigenvalue weighted by Gasteiger charge is -2.18. The first-order chi connectivity index (χ1) is 14.2. The Morgan fingerprint density at radius 1 is 1.13 bits per heavy atom. The summed E-state index contributed by atoms with van der Waals surface area (Å²) in [7, 11) is 3.04. The molecule has 0 unspecified atom stereocenters. The third kappa shape index (κ3) is 6.10. The van der Waals surface area contributed by atoms with Crippen molar-refractivity contribution in [2.24, 2.45) is 0 Å². The Morgan fingerprint density at radius 2 is 1.90 bits per heavy atom. The van der Waals surface area contributed by atoms with Crippen LogP contribution in [0.15, 0.2) is 30.5 Å². The van der Waals surface area contributed by atoms with Crippen molar-refractivity contribution in [3.05, 3.63) is 41.9 Å². The Hall–Kier alpha value is -2.29. The molecule has 0 aliphatic carbocycles. The number of rotatable bonds is 10. The highest BCUT2D eigenvalue weighted by molar-refractivity contribution is 6.76. The first kappa shape index (κ1) is 22.4. The average molecular weight is 427 g/mol. The number of likely N-dealkylation sites (N-methyl/N-ethyl adjacent to an activating group) is 1. The van der Waals surface area contributed by atoms with Gasteiger partial charge in [0, 0.05) is 38.7 Å². The molecule has 0 amide bonds. The monoisotopic (exact) mass is 426 g/mol. The van der Waals surface area contributed by atoms with Crippen LogP contribution >= 0.6 is 0 Å². The van der Waals surface area contributed by atoms with E-state index in [0.29, 0.717) is 18.6 Å². The fraction of sp³-hybridized carbons (Fsp3) is 0.500. The molecule has 1 aromatic carbocycles. The molecule has 8 heteroatoms. The summed E-state index contributed by atoms with van der Waals surface area (Å²) in [5, 5.41) is 4.38. The van der Waals surface area contributed by atoms with Gasteiger partial charge in [0.1, 0.15) is 6.73 Å². The molecule has 162 valence electrons. The molecular weight excluding hydrogens is 392 g/mol. The fourth-order valence-corrected chi connectivity index (χ4v) is 3.87. The highest BCUT2D eigenvalue weighted by Crippen LogP contribution is 2.20. The summed E-state index contributed by atoms with van der Waals surface area (Å²) in [5.41, 5.74) is 3.00. The smallest absolute Gasteiger partial charge is 0.230 e. The van der Waals surface area contributed by atoms with E-state index in [2.05, 4.69) is 63.5 Å². The molecule has 2 heterocycles. The van der Waals surface area contributed by atoms with E-state index in [4.69, 9.17) is 4.74 Å². The van der Waals surface area contributed by atoms with Crippen LogP contribution in [0.4, 0.5) is 11.9 Å². The van der Waals surface area contributed by atoms with E-state index in [1.54, 1.807) is 0 Å². The van der Waals surface area contributed by atoms with Gasteiger partial charge in [-0.1, -0.05) is 37.8 Å². The number of benzene rings is 1. The molecule has 0 radical (unpaired) electrons. The molecule has 0 atom stereocenters. The minimum Gasteiger partial charge on any atom is -0.361 e. The van der Waals surface area contributed by atoms with Gasteiger partial charge in [0.15, 0.2) is 0 Å². The van der Waals surface area contributed by atoms with E-state index in [-0.39, 0.29) is 0 Å². The van der Waals surface area contributed by atoms with E-state index in [9.17, 15) is 0 Å². The molecule has 0 fully saturated rings. The summed E-state index contributed by atoms with van der Waals surface area (Å²) in [5.74, 6) is 1.27. The summed E-state index contributed by atoms with van der Waals surface area (Å²) >= 11 is 0. The lowest BCUT2D eigenvalue weighted by molar-refractivity contribution is 0.0866. The van der Waals surface area contributed by atoms with Crippen molar-refractivity contribution in [3.8, 4) is 0 Å². The van der Waals surface area contributed by atoms with Gasteiger partial charge >= 0.3 is 0 Å². The summed E-state index contributed by atoms with van der Waals surface area (Å²) in [6.07, 6.45) is 2.82. The van der Waals surface area contributed by atoms with E-state index in [1.165, 1.54) is 0 Å². The Balaban J connectivity index is 1.80. The minimum absolute atomic E-state index is 0.474. The second kappa shape index (κ2) is 9.68. The van der Waals surface area contributed by atoms with Gasteiger partial charge in [-0.2, -0.15) is 0 Å². The van der Waals surface area contributed by atoms with E-state index in [0.717, 1.165) is 47.9 Å². The first-order valence-electron chi connectivity index (χ1n) is 10.5. The number of aryl methyl sites for hydroxylation is 1. The van der Waals surface area contributed by atoms with Crippen molar-refractivity contribution in [2.75, 3.05) is 32.6 Å². The van der Waals surface area contributed by atoms with Crippen molar-refractivity contribution in [3.63, 3.8) is 0 Å². The summed E-state index contributed by atoms with van der Waals surface area (Å²) in [6.45, 7) is 11.3. The van der Waals surface area contributed by atoms with Gasteiger partial charge in [0.25, 0.3) is 0 Å². The Bertz CT molecular complexity index is 979. The van der Waals surface area contributed by atoms with Gasteiger partial charge in [-0.05, 0) is 33.1 Å². The van der Waals surface area contributed by atoms with E-state index < -0.39 is 8.07 Å². The molecule has 0 aliphatic rings. The van der Waals surface area contributed by atoms with E-state index >= 15 is 0 Å². The maximum absolute atomic E-state index is 6.04. The van der Waals surface area contributed by atoms with Crippen LogP contribution in [0.3, 0.4) is 0 Å². The zero-order chi connectivity index (χ0) is 21.7. The van der Waals surface area contributed by atoms with Gasteiger partial charge in [0.2, 0.25) is 11.9 Å². The maximum Gasteiger partial charge on any atom is 0.230 e. The lowest BCUT2D eigenvalue weighted by Crippen LogP contribution is -2.22. The minimum atomic E-state index is -1.12. The van der Waals surface area contributed by atoms with Crippen LogP contribution in [0.5, 0.6) is 0 Å². The SMILES string of the molecule is Cc1nc(Nc2ncc(CCN(C)C)n2COCC[Si](C)(C)C)nc2ccccc12. The number of anilines is 2. The molecule has 2 aromatic heterocycles. The van der Waals surface area contributed by atoms with Crippen molar-refractivity contribution < 1.29 is 4.74 Å². The summed E-state index contributed by atoms with van der Waals surface area (Å²) in [4.78, 5) is 16.1. The van der Waals surface area contributed by atoms with Gasteiger partial charge in [-0.15, -0.1) is 0 Å². The number of fused-ring (bicyclic) bond motifs is 1. The number of para-hydroxylation sites is 1. The third-order valence-corrected chi connectivity index (χ3v) is 6.69. The molecule has 3 aromatic rings. The molecule has 0 saturated heterocycles. The van der Waals surface area contributed by atoms with Crippen LogP contribution in [-0.4, -0.2) is 59.7 Å². The van der Waals surface area contributed by atoms with Crippen LogP contribution < -0.4 is 5.32 Å². The number of hydrogen-bond donors (Lipinski definition) is 1. The number of hydrogen-bond acceptors (Lipinski definition) is 6. The van der Waals surface area contributed by atoms with Crippen LogP contribution in [-0.2, 0) is 17.9 Å². The number of nitrogens with zero attached hydrogens (tertiary/aromatic N) is 5. The zero-order valence-corrected chi connectivity index (χ0v) is 20.1. The third-order valence-electron chi connectivity index (χ3n) is 4.99. The standard InChI is InChI=1S/C22H34N6OSi/c1-17-19-9-7-8-10-20(19)25-21(24-17)26-22-23-15-18(11-12-27(2)3)28(22)16-29-13-14-30(4,5)6/h7-10,15H,11-14,16H2,1-6H3,(H,23,24,25,26). The van der Waals surface area contributed by atoms with Crippen LogP contribution in [0.2, 0.25) is 25.7 Å². The normalized spacial score (nSPS) is 12.1. The van der Waals surface area contributed by atoms with Crippen LogP contribution in [0.1, 0.15) is 11.4 Å². The Morgan fingerprint density at radius 3 is 2.63 bits per heavy atom. The van der Waals surface area contributed by atoms with Gasteiger partial charge in [0.05, 0.1) is 17.4 Å². The van der Waals surface area contributed by atoms with Crippen molar-refractivity contribution in [1.29, 1.82) is 0 Å². The number of nitrogens with one attached hydrogen (secondary N) is 1. The second-order valence-electron chi connectivity index (χ2n) is 9.18. The van der Waals surface area contributed by atoms with Gasteiger partial charge in [-0.3, -0.25) is 9.88 Å². The predicted molar refractivity (Wildman–Crippen MR) is 126 cm³/mol. The first-order valence-corrected chi connectivity index (χ1v) is 14.2. The largest absolute Gasteiger partial charge is 0.361 e. The zero-order valence-electron chi connectivity index (χ0n) is 19.1. The molecule has 30 heavy (non-hydrogen) atoms. The molecule has 3 rings (SSSR count). The molecular formula is C22H34N6OSi. The van der Waals surface area contributed by atoms with E-state index in [1.807, 2.05) is 37.4 Å². The topological polar surface area (TPSA) is 68.1 Å². The molecule has 0 bridgehead atoms. The summed E-state index contributed by atoms with van der Waals surface area (Å²) in [6, 6.07) is 9.19. The molecule has 0 spiro atoms. The maximum atomic E-state index is 6.04. The highest BCUT2D eigenvalue weighted by atomic mass is 28.3. The van der Waals surface area contributed by atoms with Gasteiger partial charge < -0.3 is 9.64 Å². The second-order valence-corrected chi connectivity index (χ2v) is 14.8. The summed E-state index contributed by atoms with van der Waals surface area (Å²) < 4.78 is 8.14. The Labute approximate surface area is 180 Å². The molecule has 7 nitrogen and oxygen atoms in total. The Kier molecular flexibility index (Phi) is 7.22. The van der Waals surface area contributed by atoms with Gasteiger partial charge in [-0.25, -0.2) is 15.0 Å². The average Bonchev–Trinajstić information content (AvgIpc) is 3.04. The number of ether oxygens (including phenoxy) is 1. The molecule has 1 N–H and O–H groups in total.